The van der Waals surface area contributed by atoms with E-state index in [9.17, 15) is 4.79 Å². The number of benzene rings is 1. The van der Waals surface area contributed by atoms with Gasteiger partial charge in [0.25, 0.3) is 5.91 Å². The van der Waals surface area contributed by atoms with Gasteiger partial charge in [-0.2, -0.15) is 0 Å². The summed E-state index contributed by atoms with van der Waals surface area (Å²) in [6.45, 7) is 0.964. The molecule has 0 saturated heterocycles. The van der Waals surface area contributed by atoms with Crippen LogP contribution in [0.25, 0.3) is 10.9 Å². The van der Waals surface area contributed by atoms with Crippen LogP contribution in [0.15, 0.2) is 30.5 Å². The van der Waals surface area contributed by atoms with E-state index in [0.717, 1.165) is 16.7 Å². The van der Waals surface area contributed by atoms with Crippen LogP contribution in [-0.2, 0) is 4.74 Å². The van der Waals surface area contributed by atoms with Gasteiger partial charge in [0, 0.05) is 25.2 Å². The highest BCUT2D eigenvalue weighted by atomic mass is 16.5. The van der Waals surface area contributed by atoms with Crippen LogP contribution in [0, 0.1) is 0 Å². The van der Waals surface area contributed by atoms with Gasteiger partial charge in [-0.1, -0.05) is 0 Å². The van der Waals surface area contributed by atoms with E-state index in [0.29, 0.717) is 18.7 Å². The molecule has 0 aliphatic carbocycles. The zero-order valence-corrected chi connectivity index (χ0v) is 11.0. The second-order valence-corrected chi connectivity index (χ2v) is 4.03. The number of fused-ring (bicyclic) bond motifs is 1. The van der Waals surface area contributed by atoms with Crippen molar-refractivity contribution in [3.05, 3.63) is 36.0 Å². The summed E-state index contributed by atoms with van der Waals surface area (Å²) in [5, 5.41) is 3.63. The van der Waals surface area contributed by atoms with Crippen molar-refractivity contribution >= 4 is 16.8 Å². The third-order valence-corrected chi connectivity index (χ3v) is 2.74. The molecule has 0 saturated carbocycles. The van der Waals surface area contributed by atoms with Gasteiger partial charge in [0.15, 0.2) is 0 Å². The number of nitrogens with zero attached hydrogens (tertiary/aromatic N) is 1. The lowest BCUT2D eigenvalue weighted by atomic mass is 10.1. The van der Waals surface area contributed by atoms with Crippen molar-refractivity contribution in [1.82, 2.24) is 10.3 Å². The highest BCUT2D eigenvalue weighted by molar-refractivity contribution is 5.97. The first-order valence-electron chi connectivity index (χ1n) is 5.95. The summed E-state index contributed by atoms with van der Waals surface area (Å²) >= 11 is 0. The van der Waals surface area contributed by atoms with E-state index in [1.54, 1.807) is 26.5 Å². The van der Waals surface area contributed by atoms with E-state index in [-0.39, 0.29) is 5.91 Å². The Morgan fingerprint density at radius 2 is 2.16 bits per heavy atom. The van der Waals surface area contributed by atoms with Crippen LogP contribution in [-0.4, -0.2) is 38.3 Å². The third-order valence-electron chi connectivity index (χ3n) is 2.74. The molecule has 2 aromatic rings. The van der Waals surface area contributed by atoms with Crippen molar-refractivity contribution in [2.45, 2.75) is 0 Å². The van der Waals surface area contributed by atoms with Crippen LogP contribution in [0.3, 0.4) is 0 Å². The fraction of sp³-hybridized carbons (Fsp3) is 0.286. The summed E-state index contributed by atoms with van der Waals surface area (Å²) in [4.78, 5) is 16.1. The van der Waals surface area contributed by atoms with Gasteiger partial charge in [-0.05, 0) is 24.3 Å². The molecule has 0 aliphatic heterocycles. The number of hydrogen-bond donors (Lipinski definition) is 1. The van der Waals surface area contributed by atoms with Gasteiger partial charge < -0.3 is 14.8 Å². The minimum absolute atomic E-state index is 0.158. The summed E-state index contributed by atoms with van der Waals surface area (Å²) < 4.78 is 10.0. The minimum atomic E-state index is -0.158. The first-order valence-corrected chi connectivity index (χ1v) is 5.95. The molecule has 0 fully saturated rings. The van der Waals surface area contributed by atoms with E-state index in [1.807, 2.05) is 18.2 Å². The van der Waals surface area contributed by atoms with E-state index in [2.05, 4.69) is 10.3 Å². The lowest BCUT2D eigenvalue weighted by molar-refractivity contribution is 0.0937. The molecule has 1 aromatic carbocycles. The number of aromatic nitrogens is 1. The van der Waals surface area contributed by atoms with Gasteiger partial charge in [-0.15, -0.1) is 0 Å². The first kappa shape index (κ1) is 13.3. The molecule has 2 rings (SSSR count). The molecule has 1 amide bonds. The zero-order chi connectivity index (χ0) is 13.7. The van der Waals surface area contributed by atoms with E-state index >= 15 is 0 Å². The Balaban J connectivity index is 2.22. The van der Waals surface area contributed by atoms with E-state index in [1.165, 1.54) is 0 Å². The highest BCUT2D eigenvalue weighted by Gasteiger charge is 2.07. The molecule has 0 unspecified atom stereocenters. The predicted octanol–water partition coefficient (Wildman–Crippen LogP) is 1.62. The number of hydrogen-bond acceptors (Lipinski definition) is 4. The highest BCUT2D eigenvalue weighted by Crippen LogP contribution is 2.19. The molecule has 0 aliphatic rings. The molecule has 5 nitrogen and oxygen atoms in total. The lowest BCUT2D eigenvalue weighted by Gasteiger charge is -2.06. The van der Waals surface area contributed by atoms with Gasteiger partial charge in [0.05, 0.1) is 24.8 Å². The fourth-order valence-corrected chi connectivity index (χ4v) is 1.73. The fourth-order valence-electron chi connectivity index (χ4n) is 1.73. The zero-order valence-electron chi connectivity index (χ0n) is 11.0. The van der Waals surface area contributed by atoms with Crippen molar-refractivity contribution in [2.24, 2.45) is 0 Å². The van der Waals surface area contributed by atoms with Crippen molar-refractivity contribution < 1.29 is 14.3 Å². The first-order chi connectivity index (χ1) is 9.24. The Morgan fingerprint density at radius 3 is 2.89 bits per heavy atom. The lowest BCUT2D eigenvalue weighted by Crippen LogP contribution is -2.26. The van der Waals surface area contributed by atoms with E-state index < -0.39 is 0 Å². The van der Waals surface area contributed by atoms with Crippen LogP contribution in [0.1, 0.15) is 10.4 Å². The number of pyridine rings is 1. The standard InChI is InChI=1S/C14H16N2O3/c1-18-6-5-15-14(17)11-7-10-8-12(19-2)3-4-13(10)16-9-11/h3-4,7-9H,5-6H2,1-2H3,(H,15,17). The predicted molar refractivity (Wildman–Crippen MR) is 72.5 cm³/mol. The SMILES string of the molecule is COCCNC(=O)c1cnc2ccc(OC)cc2c1. The Kier molecular flexibility index (Phi) is 4.30. The van der Waals surface area contributed by atoms with Crippen molar-refractivity contribution in [2.75, 3.05) is 27.4 Å². The third kappa shape index (κ3) is 3.20. The summed E-state index contributed by atoms with van der Waals surface area (Å²) in [5.74, 6) is 0.584. The van der Waals surface area contributed by atoms with Gasteiger partial charge in [0.1, 0.15) is 5.75 Å². The van der Waals surface area contributed by atoms with E-state index in [4.69, 9.17) is 9.47 Å². The molecule has 19 heavy (non-hydrogen) atoms. The van der Waals surface area contributed by atoms with Crippen molar-refractivity contribution in [3.8, 4) is 5.75 Å². The molecule has 5 heteroatoms. The smallest absolute Gasteiger partial charge is 0.252 e. The number of rotatable bonds is 5. The summed E-state index contributed by atoms with van der Waals surface area (Å²) in [5.41, 5.74) is 1.35. The number of amides is 1. The molecule has 1 aromatic heterocycles. The van der Waals surface area contributed by atoms with Crippen LogP contribution in [0.2, 0.25) is 0 Å². The molecule has 1 N–H and O–H groups in total. The number of carbonyl (C=O) groups excluding carboxylic acids is 1. The van der Waals surface area contributed by atoms with Gasteiger partial charge in [-0.3, -0.25) is 9.78 Å². The maximum Gasteiger partial charge on any atom is 0.252 e. The summed E-state index contributed by atoms with van der Waals surface area (Å²) in [7, 11) is 3.20. The van der Waals surface area contributed by atoms with Crippen LogP contribution < -0.4 is 10.1 Å². The molecule has 1 heterocycles. The Bertz CT molecular complexity index is 584. The summed E-state index contributed by atoms with van der Waals surface area (Å²) in [6.07, 6.45) is 1.57. The second-order valence-electron chi connectivity index (χ2n) is 4.03. The van der Waals surface area contributed by atoms with Gasteiger partial charge >= 0.3 is 0 Å². The van der Waals surface area contributed by atoms with Crippen LogP contribution in [0.4, 0.5) is 0 Å². The van der Waals surface area contributed by atoms with Gasteiger partial charge in [-0.25, -0.2) is 0 Å². The van der Waals surface area contributed by atoms with Crippen molar-refractivity contribution in [3.63, 3.8) is 0 Å². The Hall–Kier alpha value is -2.14. The number of methoxy groups -OCH3 is 2. The van der Waals surface area contributed by atoms with Gasteiger partial charge in [0.2, 0.25) is 0 Å². The topological polar surface area (TPSA) is 60.5 Å². The maximum absolute atomic E-state index is 11.9. The molecule has 0 atom stereocenters. The number of nitrogens with one attached hydrogen (secondary N) is 1. The van der Waals surface area contributed by atoms with Crippen molar-refractivity contribution in [1.29, 1.82) is 0 Å². The molecular formula is C14H16N2O3. The number of ether oxygens (including phenoxy) is 2. The minimum Gasteiger partial charge on any atom is -0.497 e. The quantitative estimate of drug-likeness (QED) is 0.830. The summed E-state index contributed by atoms with van der Waals surface area (Å²) in [6, 6.07) is 7.36. The maximum atomic E-state index is 11.9. The largest absolute Gasteiger partial charge is 0.497 e. The van der Waals surface area contributed by atoms with Crippen LogP contribution >= 0.6 is 0 Å². The molecular weight excluding hydrogens is 244 g/mol. The average molecular weight is 260 g/mol. The Labute approximate surface area is 111 Å². The molecule has 0 bridgehead atoms. The average Bonchev–Trinajstić information content (AvgIpc) is 2.46. The monoisotopic (exact) mass is 260 g/mol. The van der Waals surface area contributed by atoms with Crippen LogP contribution in [0.5, 0.6) is 5.75 Å². The number of carbonyl (C=O) groups is 1. The Morgan fingerprint density at radius 1 is 1.32 bits per heavy atom. The molecule has 0 spiro atoms. The normalized spacial score (nSPS) is 10.4. The molecule has 100 valence electrons. The molecule has 0 radical (unpaired) electrons. The second kappa shape index (κ2) is 6.15.